The monoisotopic (exact) mass is 435 g/mol. The lowest BCUT2D eigenvalue weighted by atomic mass is 10.1. The highest BCUT2D eigenvalue weighted by Gasteiger charge is 2.24. The molecular weight excluding hydrogens is 414 g/mol. The van der Waals surface area contributed by atoms with Crippen LogP contribution in [0.4, 0.5) is 0 Å². The van der Waals surface area contributed by atoms with Crippen LogP contribution in [-0.4, -0.2) is 46.0 Å². The standard InChI is InChI=1S/C22H21N5O3S/c1-15-13-16(2)25-21-18(15)19(27-9-3-4-10-27)20(31-21)22(29)30-14-17(28)26(11-5-7-23)12-6-8-24/h3-4,9-10,13H,5-6,11-12,14H2,1-2H3. The number of hydrogen-bond acceptors (Lipinski definition) is 7. The minimum absolute atomic E-state index is 0.142. The van der Waals surface area contributed by atoms with E-state index in [0.29, 0.717) is 10.6 Å². The molecule has 0 spiro atoms. The van der Waals surface area contributed by atoms with E-state index in [2.05, 4.69) is 4.98 Å². The molecule has 9 heteroatoms. The first-order valence-electron chi connectivity index (χ1n) is 9.69. The number of carbonyl (C=O) groups excluding carboxylic acids is 2. The number of amides is 1. The van der Waals surface area contributed by atoms with Crippen molar-refractivity contribution < 1.29 is 14.3 Å². The third-order valence-corrected chi connectivity index (χ3v) is 5.73. The smallest absolute Gasteiger partial charge is 0.351 e. The van der Waals surface area contributed by atoms with Gasteiger partial charge in [0, 0.05) is 36.6 Å². The van der Waals surface area contributed by atoms with Gasteiger partial charge >= 0.3 is 5.97 Å². The third kappa shape index (κ3) is 4.90. The van der Waals surface area contributed by atoms with E-state index in [1.165, 1.54) is 16.2 Å². The molecular formula is C22H21N5O3S. The van der Waals surface area contributed by atoms with Gasteiger partial charge in [-0.25, -0.2) is 9.78 Å². The molecule has 0 radical (unpaired) electrons. The fourth-order valence-electron chi connectivity index (χ4n) is 3.31. The van der Waals surface area contributed by atoms with Gasteiger partial charge in [0.1, 0.15) is 9.71 Å². The van der Waals surface area contributed by atoms with E-state index in [0.717, 1.165) is 21.5 Å². The molecule has 0 aliphatic rings. The highest BCUT2D eigenvalue weighted by Crippen LogP contribution is 2.36. The molecule has 0 unspecified atom stereocenters. The number of rotatable bonds is 8. The SMILES string of the molecule is Cc1cc(C)c2c(-n3cccc3)c(C(=O)OCC(=O)N(CCC#N)CCC#N)sc2n1. The number of fused-ring (bicyclic) bond motifs is 1. The van der Waals surface area contributed by atoms with Crippen LogP contribution in [0.3, 0.4) is 0 Å². The summed E-state index contributed by atoms with van der Waals surface area (Å²) in [5, 5.41) is 18.4. The molecule has 8 nitrogen and oxygen atoms in total. The van der Waals surface area contributed by atoms with Crippen LogP contribution in [0.15, 0.2) is 30.6 Å². The van der Waals surface area contributed by atoms with E-state index in [9.17, 15) is 9.59 Å². The zero-order chi connectivity index (χ0) is 22.4. The van der Waals surface area contributed by atoms with Crippen molar-refractivity contribution in [3.05, 3.63) is 46.7 Å². The fraction of sp³-hybridized carbons (Fsp3) is 0.318. The van der Waals surface area contributed by atoms with Gasteiger partial charge in [-0.2, -0.15) is 10.5 Å². The van der Waals surface area contributed by atoms with Gasteiger partial charge in [-0.3, -0.25) is 4.79 Å². The van der Waals surface area contributed by atoms with E-state index in [1.807, 2.05) is 61.1 Å². The first kappa shape index (κ1) is 22.0. The largest absolute Gasteiger partial charge is 0.451 e. The first-order valence-corrected chi connectivity index (χ1v) is 10.5. The second-order valence-electron chi connectivity index (χ2n) is 6.90. The zero-order valence-corrected chi connectivity index (χ0v) is 18.1. The second kappa shape index (κ2) is 9.88. The molecule has 3 rings (SSSR count). The van der Waals surface area contributed by atoms with Crippen LogP contribution >= 0.6 is 11.3 Å². The molecule has 3 aromatic rings. The van der Waals surface area contributed by atoms with Crippen molar-refractivity contribution in [3.8, 4) is 17.8 Å². The molecule has 0 aliphatic carbocycles. The average molecular weight is 436 g/mol. The quantitative estimate of drug-likeness (QED) is 0.501. The number of pyridine rings is 1. The lowest BCUT2D eigenvalue weighted by Gasteiger charge is -2.20. The predicted octanol–water partition coefficient (Wildman–Crippen LogP) is 3.52. The number of hydrogen-bond donors (Lipinski definition) is 0. The number of aryl methyl sites for hydroxylation is 2. The van der Waals surface area contributed by atoms with Crippen LogP contribution in [-0.2, 0) is 9.53 Å². The van der Waals surface area contributed by atoms with Crippen molar-refractivity contribution >= 4 is 33.4 Å². The van der Waals surface area contributed by atoms with Crippen LogP contribution in [0.25, 0.3) is 15.9 Å². The maximum absolute atomic E-state index is 13.0. The van der Waals surface area contributed by atoms with Gasteiger partial charge in [0.05, 0.1) is 30.7 Å². The number of nitrogens with zero attached hydrogens (tertiary/aromatic N) is 5. The molecule has 0 saturated carbocycles. The fourth-order valence-corrected chi connectivity index (χ4v) is 4.50. The molecule has 0 aliphatic heterocycles. The summed E-state index contributed by atoms with van der Waals surface area (Å²) >= 11 is 1.23. The van der Waals surface area contributed by atoms with Crippen LogP contribution in [0.5, 0.6) is 0 Å². The minimum atomic E-state index is -0.613. The number of esters is 1. The van der Waals surface area contributed by atoms with E-state index >= 15 is 0 Å². The number of carbonyl (C=O) groups is 2. The average Bonchev–Trinajstić information content (AvgIpc) is 3.39. The lowest BCUT2D eigenvalue weighted by molar-refractivity contribution is -0.134. The van der Waals surface area contributed by atoms with Gasteiger partial charge in [0.25, 0.3) is 5.91 Å². The Labute approximate surface area is 183 Å². The van der Waals surface area contributed by atoms with Gasteiger partial charge in [-0.15, -0.1) is 11.3 Å². The van der Waals surface area contributed by atoms with Crippen LogP contribution < -0.4 is 0 Å². The predicted molar refractivity (Wildman–Crippen MR) is 116 cm³/mol. The van der Waals surface area contributed by atoms with Crippen LogP contribution in [0, 0.1) is 36.5 Å². The maximum atomic E-state index is 13.0. The van der Waals surface area contributed by atoms with Crippen molar-refractivity contribution in [2.75, 3.05) is 19.7 Å². The summed E-state index contributed by atoms with van der Waals surface area (Å²) in [6.45, 7) is 3.79. The molecule has 3 aromatic heterocycles. The van der Waals surface area contributed by atoms with Crippen LogP contribution in [0.1, 0.15) is 33.8 Å². The number of thiophene rings is 1. The van der Waals surface area contributed by atoms with Crippen molar-refractivity contribution in [2.45, 2.75) is 26.7 Å². The van der Waals surface area contributed by atoms with Crippen LogP contribution in [0.2, 0.25) is 0 Å². The Morgan fingerprint density at radius 3 is 2.42 bits per heavy atom. The Morgan fingerprint density at radius 2 is 1.81 bits per heavy atom. The first-order chi connectivity index (χ1) is 15.0. The highest BCUT2D eigenvalue weighted by atomic mass is 32.1. The summed E-state index contributed by atoms with van der Waals surface area (Å²) in [6, 6.07) is 9.64. The lowest BCUT2D eigenvalue weighted by Crippen LogP contribution is -2.36. The molecule has 0 bridgehead atoms. The molecule has 0 saturated heterocycles. The summed E-state index contributed by atoms with van der Waals surface area (Å²) in [6.07, 6.45) is 3.97. The molecule has 0 atom stereocenters. The number of ether oxygens (including phenoxy) is 1. The normalized spacial score (nSPS) is 10.5. The molecule has 158 valence electrons. The van der Waals surface area contributed by atoms with Crippen molar-refractivity contribution in [2.24, 2.45) is 0 Å². The highest BCUT2D eigenvalue weighted by molar-refractivity contribution is 7.21. The van der Waals surface area contributed by atoms with Crippen molar-refractivity contribution in [1.29, 1.82) is 10.5 Å². The Bertz CT molecular complexity index is 1170. The topological polar surface area (TPSA) is 112 Å². The summed E-state index contributed by atoms with van der Waals surface area (Å²) < 4.78 is 7.18. The molecule has 3 heterocycles. The van der Waals surface area contributed by atoms with Gasteiger partial charge in [-0.1, -0.05) is 0 Å². The third-order valence-electron chi connectivity index (χ3n) is 4.68. The van der Waals surface area contributed by atoms with Gasteiger partial charge < -0.3 is 14.2 Å². The molecule has 0 N–H and O–H groups in total. The maximum Gasteiger partial charge on any atom is 0.351 e. The Morgan fingerprint density at radius 1 is 1.16 bits per heavy atom. The van der Waals surface area contributed by atoms with Crippen molar-refractivity contribution in [3.63, 3.8) is 0 Å². The van der Waals surface area contributed by atoms with E-state index < -0.39 is 18.5 Å². The van der Waals surface area contributed by atoms with Gasteiger partial charge in [0.2, 0.25) is 0 Å². The Balaban J connectivity index is 1.86. The summed E-state index contributed by atoms with van der Waals surface area (Å²) in [5.74, 6) is -1.05. The molecule has 0 fully saturated rings. The van der Waals surface area contributed by atoms with E-state index in [1.54, 1.807) is 0 Å². The van der Waals surface area contributed by atoms with E-state index in [4.69, 9.17) is 15.3 Å². The Kier molecular flexibility index (Phi) is 7.01. The van der Waals surface area contributed by atoms with Gasteiger partial charge in [0.15, 0.2) is 6.61 Å². The zero-order valence-electron chi connectivity index (χ0n) is 17.3. The van der Waals surface area contributed by atoms with E-state index in [-0.39, 0.29) is 25.9 Å². The molecule has 0 aromatic carbocycles. The number of nitriles is 2. The summed E-state index contributed by atoms with van der Waals surface area (Å²) in [7, 11) is 0. The summed E-state index contributed by atoms with van der Waals surface area (Å²) in [4.78, 5) is 32.5. The molecule has 1 amide bonds. The van der Waals surface area contributed by atoms with Crippen molar-refractivity contribution in [1.82, 2.24) is 14.5 Å². The number of aromatic nitrogens is 2. The van der Waals surface area contributed by atoms with Gasteiger partial charge in [-0.05, 0) is 37.6 Å². The molecule has 31 heavy (non-hydrogen) atoms. The summed E-state index contributed by atoms with van der Waals surface area (Å²) in [5.41, 5.74) is 2.53. The minimum Gasteiger partial charge on any atom is -0.451 e. The second-order valence-corrected chi connectivity index (χ2v) is 7.90. The Hall–Kier alpha value is -3.69.